The van der Waals surface area contributed by atoms with E-state index < -0.39 is 0 Å². The van der Waals surface area contributed by atoms with E-state index in [0.29, 0.717) is 12.1 Å². The average molecular weight is 234 g/mol. The van der Waals surface area contributed by atoms with Crippen LogP contribution in [0.5, 0.6) is 0 Å². The van der Waals surface area contributed by atoms with E-state index in [1.54, 1.807) is 7.11 Å². The van der Waals surface area contributed by atoms with E-state index in [1.165, 1.54) is 5.56 Å². The van der Waals surface area contributed by atoms with Crippen LogP contribution in [0.4, 0.5) is 0 Å². The second-order valence-electron chi connectivity index (χ2n) is 4.66. The first-order valence-corrected chi connectivity index (χ1v) is 6.31. The number of ether oxygens (including phenoxy) is 1. The summed E-state index contributed by atoms with van der Waals surface area (Å²) in [4.78, 5) is 2.47. The molecule has 0 spiro atoms. The summed E-state index contributed by atoms with van der Waals surface area (Å²) in [6.45, 7) is 3.26. The topological polar surface area (TPSA) is 24.5 Å². The maximum absolute atomic E-state index is 5.40. The van der Waals surface area contributed by atoms with E-state index in [4.69, 9.17) is 4.74 Å². The fraction of sp³-hybridized carbons (Fsp3) is 0.571. The predicted octanol–water partition coefficient (Wildman–Crippen LogP) is 1.67. The van der Waals surface area contributed by atoms with Crippen molar-refractivity contribution >= 4 is 0 Å². The monoisotopic (exact) mass is 234 g/mol. The number of likely N-dealkylation sites (N-methyl/N-ethyl adjacent to an activating group) is 1. The van der Waals surface area contributed by atoms with E-state index in [0.717, 1.165) is 26.1 Å². The third-order valence-corrected chi connectivity index (χ3v) is 3.55. The van der Waals surface area contributed by atoms with Gasteiger partial charge in [-0.25, -0.2) is 0 Å². The second-order valence-corrected chi connectivity index (χ2v) is 4.66. The lowest BCUT2D eigenvalue weighted by atomic mass is 10.1. The summed E-state index contributed by atoms with van der Waals surface area (Å²) in [7, 11) is 3.84. The Morgan fingerprint density at radius 2 is 2.18 bits per heavy atom. The molecule has 0 radical (unpaired) electrons. The van der Waals surface area contributed by atoms with Gasteiger partial charge in [0.1, 0.15) is 0 Å². The van der Waals surface area contributed by atoms with Crippen LogP contribution in [-0.2, 0) is 4.74 Å². The minimum absolute atomic E-state index is 0.409. The van der Waals surface area contributed by atoms with Gasteiger partial charge in [0.05, 0.1) is 6.10 Å². The molecule has 1 aliphatic rings. The fourth-order valence-electron chi connectivity index (χ4n) is 2.46. The van der Waals surface area contributed by atoms with Gasteiger partial charge < -0.3 is 10.1 Å². The van der Waals surface area contributed by atoms with Crippen LogP contribution in [0, 0.1) is 0 Å². The molecule has 1 fully saturated rings. The Kier molecular flexibility index (Phi) is 4.54. The van der Waals surface area contributed by atoms with Crippen molar-refractivity contribution in [2.24, 2.45) is 0 Å². The molecular weight excluding hydrogens is 212 g/mol. The maximum atomic E-state index is 5.40. The van der Waals surface area contributed by atoms with Gasteiger partial charge in [-0.2, -0.15) is 0 Å². The van der Waals surface area contributed by atoms with Crippen LogP contribution in [0.3, 0.4) is 0 Å². The Morgan fingerprint density at radius 1 is 1.41 bits per heavy atom. The minimum atomic E-state index is 0.409. The van der Waals surface area contributed by atoms with Gasteiger partial charge in [0.25, 0.3) is 0 Å². The number of likely N-dealkylation sites (tertiary alicyclic amines) is 1. The number of hydrogen-bond acceptors (Lipinski definition) is 3. The first-order valence-electron chi connectivity index (χ1n) is 6.31. The van der Waals surface area contributed by atoms with Gasteiger partial charge in [-0.15, -0.1) is 0 Å². The van der Waals surface area contributed by atoms with Gasteiger partial charge in [-0.05, 0) is 19.0 Å². The molecule has 3 heteroatoms. The van der Waals surface area contributed by atoms with Gasteiger partial charge in [-0.1, -0.05) is 30.3 Å². The molecule has 1 unspecified atom stereocenters. The standard InChI is InChI=1S/C14H22N2O/c1-15-14(12-6-4-3-5-7-12)11-16-9-8-13(10-16)17-2/h3-7,13-15H,8-11H2,1-2H3/t13-,14?/m0/s1. The van der Waals surface area contributed by atoms with Gasteiger partial charge >= 0.3 is 0 Å². The number of rotatable bonds is 5. The first kappa shape index (κ1) is 12.6. The normalized spacial score (nSPS) is 22.8. The molecule has 1 aromatic carbocycles. The molecule has 0 aromatic heterocycles. The van der Waals surface area contributed by atoms with Crippen molar-refractivity contribution in [3.05, 3.63) is 35.9 Å². The van der Waals surface area contributed by atoms with Gasteiger partial charge in [0, 0.05) is 32.8 Å². The summed E-state index contributed by atoms with van der Waals surface area (Å²) in [5, 5.41) is 3.40. The van der Waals surface area contributed by atoms with Crippen molar-refractivity contribution in [2.75, 3.05) is 33.8 Å². The highest BCUT2D eigenvalue weighted by atomic mass is 16.5. The van der Waals surface area contributed by atoms with Crippen molar-refractivity contribution in [2.45, 2.75) is 18.6 Å². The molecule has 94 valence electrons. The number of methoxy groups -OCH3 is 1. The molecule has 1 aliphatic heterocycles. The van der Waals surface area contributed by atoms with Crippen molar-refractivity contribution in [3.63, 3.8) is 0 Å². The quantitative estimate of drug-likeness (QED) is 0.838. The van der Waals surface area contributed by atoms with Crippen LogP contribution in [0.1, 0.15) is 18.0 Å². The van der Waals surface area contributed by atoms with Crippen LogP contribution < -0.4 is 5.32 Å². The Bertz CT molecular complexity index is 328. The summed E-state index contributed by atoms with van der Waals surface area (Å²) in [6, 6.07) is 11.0. The van der Waals surface area contributed by atoms with Crippen LogP contribution in [0.25, 0.3) is 0 Å². The van der Waals surface area contributed by atoms with Gasteiger partial charge in [-0.3, -0.25) is 4.90 Å². The number of nitrogens with one attached hydrogen (secondary N) is 1. The molecule has 1 aromatic rings. The number of benzene rings is 1. The van der Waals surface area contributed by atoms with Crippen LogP contribution in [-0.4, -0.2) is 44.8 Å². The van der Waals surface area contributed by atoms with Crippen LogP contribution >= 0.6 is 0 Å². The highest BCUT2D eigenvalue weighted by molar-refractivity contribution is 5.19. The highest BCUT2D eigenvalue weighted by Crippen LogP contribution is 2.18. The predicted molar refractivity (Wildman–Crippen MR) is 70.1 cm³/mol. The molecule has 1 N–H and O–H groups in total. The zero-order valence-electron chi connectivity index (χ0n) is 10.7. The maximum Gasteiger partial charge on any atom is 0.0710 e. The minimum Gasteiger partial charge on any atom is -0.380 e. The third kappa shape index (κ3) is 3.28. The van der Waals surface area contributed by atoms with Crippen LogP contribution in [0.15, 0.2) is 30.3 Å². The van der Waals surface area contributed by atoms with E-state index in [9.17, 15) is 0 Å². The zero-order chi connectivity index (χ0) is 12.1. The number of nitrogens with zero attached hydrogens (tertiary/aromatic N) is 1. The Morgan fingerprint density at radius 3 is 2.76 bits per heavy atom. The summed E-state index contributed by atoms with van der Waals surface area (Å²) >= 11 is 0. The molecule has 1 heterocycles. The molecule has 17 heavy (non-hydrogen) atoms. The second kappa shape index (κ2) is 6.15. The molecule has 3 nitrogen and oxygen atoms in total. The summed E-state index contributed by atoms with van der Waals surface area (Å²) in [5.74, 6) is 0. The Balaban J connectivity index is 1.92. The van der Waals surface area contributed by atoms with Gasteiger partial charge in [0.15, 0.2) is 0 Å². The summed E-state index contributed by atoms with van der Waals surface area (Å²) in [6.07, 6.45) is 1.57. The van der Waals surface area contributed by atoms with E-state index >= 15 is 0 Å². The fourth-order valence-corrected chi connectivity index (χ4v) is 2.46. The van der Waals surface area contributed by atoms with Crippen molar-refractivity contribution < 1.29 is 4.74 Å². The molecule has 0 aliphatic carbocycles. The molecule has 0 bridgehead atoms. The molecule has 2 atom stereocenters. The molecule has 0 saturated carbocycles. The van der Waals surface area contributed by atoms with Crippen molar-refractivity contribution in [1.29, 1.82) is 0 Å². The van der Waals surface area contributed by atoms with E-state index in [-0.39, 0.29) is 0 Å². The van der Waals surface area contributed by atoms with E-state index in [1.807, 2.05) is 7.05 Å². The number of hydrogen-bond donors (Lipinski definition) is 1. The van der Waals surface area contributed by atoms with Gasteiger partial charge in [0.2, 0.25) is 0 Å². The molecule has 2 rings (SSSR count). The Hall–Kier alpha value is -0.900. The summed E-state index contributed by atoms with van der Waals surface area (Å²) in [5.41, 5.74) is 1.36. The zero-order valence-corrected chi connectivity index (χ0v) is 10.7. The Labute approximate surface area is 104 Å². The third-order valence-electron chi connectivity index (χ3n) is 3.55. The van der Waals surface area contributed by atoms with Crippen molar-refractivity contribution in [3.8, 4) is 0 Å². The van der Waals surface area contributed by atoms with E-state index in [2.05, 4.69) is 40.5 Å². The lowest BCUT2D eigenvalue weighted by Crippen LogP contribution is -2.33. The summed E-state index contributed by atoms with van der Waals surface area (Å²) < 4.78 is 5.40. The SMILES string of the molecule is CNC(CN1CC[C@H](OC)C1)c1ccccc1. The molecule has 1 saturated heterocycles. The lowest BCUT2D eigenvalue weighted by molar-refractivity contribution is 0.107. The first-order chi connectivity index (χ1) is 8.33. The smallest absolute Gasteiger partial charge is 0.0710 e. The highest BCUT2D eigenvalue weighted by Gasteiger charge is 2.24. The molecular formula is C14H22N2O. The molecule has 0 amide bonds. The largest absolute Gasteiger partial charge is 0.380 e. The lowest BCUT2D eigenvalue weighted by Gasteiger charge is -2.23. The van der Waals surface area contributed by atoms with Crippen LogP contribution in [0.2, 0.25) is 0 Å². The average Bonchev–Trinajstić information content (AvgIpc) is 2.84. The van der Waals surface area contributed by atoms with Crippen molar-refractivity contribution in [1.82, 2.24) is 10.2 Å².